The molecular weight excluding hydrogens is 326 g/mol. The minimum Gasteiger partial charge on any atom is -0.465 e. The Labute approximate surface area is 153 Å². The molecule has 2 aromatic carbocycles. The number of aromatic nitrogens is 1. The molecule has 1 N–H and O–H groups in total. The van der Waals surface area contributed by atoms with Crippen molar-refractivity contribution in [3.63, 3.8) is 0 Å². The Hall–Kier alpha value is -3.01. The molecule has 0 saturated carbocycles. The number of hydrogen-bond donors (Lipinski definition) is 1. The number of aromatic amines is 1. The summed E-state index contributed by atoms with van der Waals surface area (Å²) in [4.78, 5) is 15.3. The van der Waals surface area contributed by atoms with Crippen LogP contribution in [0.4, 0.5) is 0 Å². The SMILES string of the molecule is COC(=O)c1ccccc1-c1ccc(C(C)(C)C)cc1Oc1ccc[nH]1. The first-order valence-electron chi connectivity index (χ1n) is 8.53. The summed E-state index contributed by atoms with van der Waals surface area (Å²) in [6.45, 7) is 6.47. The van der Waals surface area contributed by atoms with E-state index >= 15 is 0 Å². The summed E-state index contributed by atoms with van der Waals surface area (Å²) in [5.74, 6) is 0.968. The average Bonchev–Trinajstić information content (AvgIpc) is 3.13. The molecule has 0 aliphatic rings. The van der Waals surface area contributed by atoms with Crippen molar-refractivity contribution < 1.29 is 14.3 Å². The molecule has 4 nitrogen and oxygen atoms in total. The average molecular weight is 349 g/mol. The predicted octanol–water partition coefficient (Wildman–Crippen LogP) is 5.56. The maximum absolute atomic E-state index is 12.2. The largest absolute Gasteiger partial charge is 0.465 e. The van der Waals surface area contributed by atoms with E-state index in [-0.39, 0.29) is 11.4 Å². The Bertz CT molecular complexity index is 905. The van der Waals surface area contributed by atoms with Gasteiger partial charge in [0, 0.05) is 17.8 Å². The van der Waals surface area contributed by atoms with Gasteiger partial charge in [-0.3, -0.25) is 0 Å². The number of carbonyl (C=O) groups is 1. The molecule has 0 bridgehead atoms. The lowest BCUT2D eigenvalue weighted by Crippen LogP contribution is -2.11. The van der Waals surface area contributed by atoms with Crippen molar-refractivity contribution in [3.8, 4) is 22.8 Å². The molecule has 0 fully saturated rings. The summed E-state index contributed by atoms with van der Waals surface area (Å²) in [7, 11) is 1.39. The predicted molar refractivity (Wildman–Crippen MR) is 103 cm³/mol. The standard InChI is InChI=1S/C22H23NO3/c1-22(2,3)15-11-12-17(19(14-15)26-20-10-7-13-23-20)16-8-5-6-9-18(16)21(24)25-4/h5-14,23H,1-4H3. The van der Waals surface area contributed by atoms with E-state index in [0.29, 0.717) is 17.2 Å². The molecule has 0 radical (unpaired) electrons. The first-order valence-corrected chi connectivity index (χ1v) is 8.53. The van der Waals surface area contributed by atoms with E-state index in [1.807, 2.05) is 48.7 Å². The van der Waals surface area contributed by atoms with Gasteiger partial charge in [-0.15, -0.1) is 0 Å². The van der Waals surface area contributed by atoms with E-state index in [4.69, 9.17) is 9.47 Å². The second-order valence-corrected chi connectivity index (χ2v) is 7.13. The summed E-state index contributed by atoms with van der Waals surface area (Å²) in [6, 6.07) is 17.2. The number of benzene rings is 2. The maximum atomic E-state index is 12.2. The van der Waals surface area contributed by atoms with Gasteiger partial charge in [-0.2, -0.15) is 0 Å². The van der Waals surface area contributed by atoms with Gasteiger partial charge in [-0.25, -0.2) is 4.79 Å². The fraction of sp³-hybridized carbons (Fsp3) is 0.227. The molecule has 3 aromatic rings. The van der Waals surface area contributed by atoms with Crippen LogP contribution < -0.4 is 4.74 Å². The van der Waals surface area contributed by atoms with Crippen molar-refractivity contribution in [2.24, 2.45) is 0 Å². The van der Waals surface area contributed by atoms with E-state index in [1.54, 1.807) is 6.07 Å². The van der Waals surface area contributed by atoms with Gasteiger partial charge in [0.1, 0.15) is 5.75 Å². The Kier molecular flexibility index (Phi) is 4.85. The summed E-state index contributed by atoms with van der Waals surface area (Å²) >= 11 is 0. The van der Waals surface area contributed by atoms with Gasteiger partial charge in [0.15, 0.2) is 5.88 Å². The van der Waals surface area contributed by atoms with Crippen LogP contribution >= 0.6 is 0 Å². The number of methoxy groups -OCH3 is 1. The summed E-state index contributed by atoms with van der Waals surface area (Å²) in [5.41, 5.74) is 3.26. The van der Waals surface area contributed by atoms with E-state index in [1.165, 1.54) is 7.11 Å². The number of rotatable bonds is 4. The highest BCUT2D eigenvalue weighted by Crippen LogP contribution is 2.38. The number of nitrogens with one attached hydrogen (secondary N) is 1. The molecule has 26 heavy (non-hydrogen) atoms. The zero-order valence-corrected chi connectivity index (χ0v) is 15.5. The molecule has 0 spiro atoms. The molecule has 0 unspecified atom stereocenters. The highest BCUT2D eigenvalue weighted by atomic mass is 16.5. The second-order valence-electron chi connectivity index (χ2n) is 7.13. The smallest absolute Gasteiger partial charge is 0.338 e. The van der Waals surface area contributed by atoms with Crippen molar-refractivity contribution in [1.29, 1.82) is 0 Å². The molecule has 1 aromatic heterocycles. The first-order chi connectivity index (χ1) is 12.4. The van der Waals surface area contributed by atoms with Crippen LogP contribution in [0.3, 0.4) is 0 Å². The molecule has 1 heterocycles. The van der Waals surface area contributed by atoms with Gasteiger partial charge in [0.25, 0.3) is 0 Å². The number of carbonyl (C=O) groups excluding carboxylic acids is 1. The van der Waals surface area contributed by atoms with Gasteiger partial charge in [-0.1, -0.05) is 51.1 Å². The van der Waals surface area contributed by atoms with E-state index in [9.17, 15) is 4.79 Å². The topological polar surface area (TPSA) is 51.3 Å². The van der Waals surface area contributed by atoms with Crippen molar-refractivity contribution in [2.45, 2.75) is 26.2 Å². The summed E-state index contributed by atoms with van der Waals surface area (Å²) < 4.78 is 11.0. The molecule has 4 heteroatoms. The lowest BCUT2D eigenvalue weighted by Gasteiger charge is -2.22. The molecule has 0 amide bonds. The van der Waals surface area contributed by atoms with Crippen LogP contribution in [-0.4, -0.2) is 18.1 Å². The minimum atomic E-state index is -0.369. The fourth-order valence-corrected chi connectivity index (χ4v) is 2.80. The zero-order chi connectivity index (χ0) is 18.7. The molecule has 0 saturated heterocycles. The van der Waals surface area contributed by atoms with E-state index in [0.717, 1.165) is 16.7 Å². The lowest BCUT2D eigenvalue weighted by molar-refractivity contribution is 0.0601. The number of esters is 1. The molecule has 0 aliphatic carbocycles. The van der Waals surface area contributed by atoms with Crippen LogP contribution in [0.5, 0.6) is 11.6 Å². The van der Waals surface area contributed by atoms with Crippen molar-refractivity contribution in [1.82, 2.24) is 4.98 Å². The van der Waals surface area contributed by atoms with Gasteiger partial charge in [0.2, 0.25) is 0 Å². The zero-order valence-electron chi connectivity index (χ0n) is 15.5. The highest BCUT2D eigenvalue weighted by Gasteiger charge is 2.20. The third-order valence-corrected chi connectivity index (χ3v) is 4.26. The number of H-pyrrole nitrogens is 1. The van der Waals surface area contributed by atoms with Crippen LogP contribution in [0.2, 0.25) is 0 Å². The molecule has 3 rings (SSSR count). The highest BCUT2D eigenvalue weighted by molar-refractivity contribution is 5.98. The Morgan fingerprint density at radius 3 is 2.38 bits per heavy atom. The van der Waals surface area contributed by atoms with Crippen LogP contribution in [0, 0.1) is 0 Å². The first kappa shape index (κ1) is 17.8. The van der Waals surface area contributed by atoms with Crippen molar-refractivity contribution in [2.75, 3.05) is 7.11 Å². The second kappa shape index (κ2) is 7.08. The van der Waals surface area contributed by atoms with Crippen LogP contribution in [0.25, 0.3) is 11.1 Å². The molecule has 0 atom stereocenters. The van der Waals surface area contributed by atoms with Crippen molar-refractivity contribution in [3.05, 3.63) is 71.9 Å². The number of hydrogen-bond acceptors (Lipinski definition) is 3. The van der Waals surface area contributed by atoms with Crippen LogP contribution in [-0.2, 0) is 10.2 Å². The summed E-state index contributed by atoms with van der Waals surface area (Å²) in [5, 5.41) is 0. The van der Waals surface area contributed by atoms with Crippen LogP contribution in [0.15, 0.2) is 60.8 Å². The maximum Gasteiger partial charge on any atom is 0.338 e. The van der Waals surface area contributed by atoms with E-state index in [2.05, 4.69) is 31.8 Å². The molecule has 0 aliphatic heterocycles. The van der Waals surface area contributed by atoms with E-state index < -0.39 is 0 Å². The van der Waals surface area contributed by atoms with Crippen molar-refractivity contribution >= 4 is 5.97 Å². The quantitative estimate of drug-likeness (QED) is 0.628. The van der Waals surface area contributed by atoms with Gasteiger partial charge < -0.3 is 14.5 Å². The Morgan fingerprint density at radius 1 is 0.962 bits per heavy atom. The fourth-order valence-electron chi connectivity index (χ4n) is 2.80. The molecular formula is C22H23NO3. The Balaban J connectivity index is 2.17. The lowest BCUT2D eigenvalue weighted by atomic mass is 9.85. The number of ether oxygens (including phenoxy) is 2. The van der Waals surface area contributed by atoms with Gasteiger partial charge >= 0.3 is 5.97 Å². The summed E-state index contributed by atoms with van der Waals surface area (Å²) in [6.07, 6.45) is 1.81. The minimum absolute atomic E-state index is 0.0196. The third-order valence-electron chi connectivity index (χ3n) is 4.26. The molecule has 134 valence electrons. The normalized spacial score (nSPS) is 11.2. The van der Waals surface area contributed by atoms with Gasteiger partial charge in [-0.05, 0) is 34.7 Å². The Morgan fingerprint density at radius 2 is 1.73 bits per heavy atom. The monoisotopic (exact) mass is 349 g/mol. The third kappa shape index (κ3) is 3.64. The van der Waals surface area contributed by atoms with Crippen LogP contribution in [0.1, 0.15) is 36.7 Å². The van der Waals surface area contributed by atoms with Gasteiger partial charge in [0.05, 0.1) is 12.7 Å².